The lowest BCUT2D eigenvalue weighted by Gasteiger charge is -2.46. The fourth-order valence-electron chi connectivity index (χ4n) is 2.81. The van der Waals surface area contributed by atoms with Gasteiger partial charge in [0.1, 0.15) is 5.51 Å². The molecule has 0 saturated carbocycles. The van der Waals surface area contributed by atoms with Crippen molar-refractivity contribution in [2.45, 2.75) is 12.5 Å². The lowest BCUT2D eigenvalue weighted by molar-refractivity contribution is 0.0873. The van der Waals surface area contributed by atoms with Gasteiger partial charge >= 0.3 is 6.03 Å². The van der Waals surface area contributed by atoms with Crippen molar-refractivity contribution in [2.75, 3.05) is 45.2 Å². The molecule has 1 aromatic rings. The molecule has 1 atom stereocenters. The molecule has 2 aliphatic heterocycles. The van der Waals surface area contributed by atoms with Crippen LogP contribution in [-0.4, -0.2) is 67.6 Å². The van der Waals surface area contributed by atoms with Crippen LogP contribution in [-0.2, 0) is 4.74 Å². The van der Waals surface area contributed by atoms with Gasteiger partial charge in [-0.25, -0.2) is 4.79 Å². The summed E-state index contributed by atoms with van der Waals surface area (Å²) in [6, 6.07) is -0.0707. The second-order valence-electron chi connectivity index (χ2n) is 5.79. The number of nitrogens with zero attached hydrogens (tertiary/aromatic N) is 4. The highest BCUT2D eigenvalue weighted by molar-refractivity contribution is 7.13. The Bertz CT molecular complexity index is 472. The molecule has 8 heteroatoms. The van der Waals surface area contributed by atoms with E-state index >= 15 is 0 Å². The maximum atomic E-state index is 11.5. The van der Waals surface area contributed by atoms with Crippen LogP contribution in [0.15, 0.2) is 5.51 Å². The number of anilines is 1. The van der Waals surface area contributed by atoms with Gasteiger partial charge in [-0.15, -0.1) is 10.2 Å². The number of carbonyl (C=O) groups excluding carboxylic acids is 1. The van der Waals surface area contributed by atoms with Crippen LogP contribution < -0.4 is 10.2 Å². The first kappa shape index (κ1) is 13.6. The fourth-order valence-corrected chi connectivity index (χ4v) is 3.37. The van der Waals surface area contributed by atoms with E-state index in [1.165, 1.54) is 4.90 Å². The third-order valence-electron chi connectivity index (χ3n) is 3.84. The minimum absolute atomic E-state index is 0.0707. The van der Waals surface area contributed by atoms with Crippen molar-refractivity contribution < 1.29 is 9.53 Å². The molecule has 0 unspecified atom stereocenters. The van der Waals surface area contributed by atoms with E-state index < -0.39 is 0 Å². The van der Waals surface area contributed by atoms with Crippen LogP contribution in [0, 0.1) is 5.41 Å². The van der Waals surface area contributed by atoms with Gasteiger partial charge in [0.2, 0.25) is 5.13 Å². The molecule has 0 radical (unpaired) electrons. The second kappa shape index (κ2) is 5.17. The quantitative estimate of drug-likeness (QED) is 0.875. The SMILES string of the molecule is CN(C)C(=O)NC[C@@H]1CC2(CO1)CN(c1nncs1)C2. The Balaban J connectivity index is 1.45. The van der Waals surface area contributed by atoms with Crippen LogP contribution in [0.1, 0.15) is 6.42 Å². The van der Waals surface area contributed by atoms with E-state index in [1.54, 1.807) is 30.9 Å². The topological polar surface area (TPSA) is 70.6 Å². The van der Waals surface area contributed by atoms with Gasteiger partial charge in [-0.2, -0.15) is 0 Å². The molecule has 20 heavy (non-hydrogen) atoms. The monoisotopic (exact) mass is 297 g/mol. The van der Waals surface area contributed by atoms with Crippen molar-refractivity contribution in [3.8, 4) is 0 Å². The Labute approximate surface area is 121 Å². The Kier molecular flexibility index (Phi) is 3.51. The highest BCUT2D eigenvalue weighted by Gasteiger charge is 2.49. The minimum Gasteiger partial charge on any atom is -0.376 e. The van der Waals surface area contributed by atoms with Crippen LogP contribution >= 0.6 is 11.3 Å². The van der Waals surface area contributed by atoms with Gasteiger partial charge in [0.15, 0.2) is 0 Å². The average Bonchev–Trinajstić information content (AvgIpc) is 3.02. The summed E-state index contributed by atoms with van der Waals surface area (Å²) in [5, 5.41) is 11.8. The van der Waals surface area contributed by atoms with Crippen molar-refractivity contribution >= 4 is 22.5 Å². The zero-order valence-corrected chi connectivity index (χ0v) is 12.5. The number of urea groups is 1. The molecule has 3 heterocycles. The molecule has 0 aromatic carbocycles. The number of ether oxygens (including phenoxy) is 1. The maximum Gasteiger partial charge on any atom is 0.316 e. The van der Waals surface area contributed by atoms with Crippen LogP contribution in [0.4, 0.5) is 9.93 Å². The zero-order chi connectivity index (χ0) is 14.2. The number of amides is 2. The van der Waals surface area contributed by atoms with Crippen LogP contribution in [0.3, 0.4) is 0 Å². The van der Waals surface area contributed by atoms with E-state index in [4.69, 9.17) is 4.74 Å². The third-order valence-corrected chi connectivity index (χ3v) is 4.59. The van der Waals surface area contributed by atoms with Gasteiger partial charge in [0.05, 0.1) is 12.7 Å². The largest absolute Gasteiger partial charge is 0.376 e. The van der Waals surface area contributed by atoms with Gasteiger partial charge < -0.3 is 19.9 Å². The first-order chi connectivity index (χ1) is 9.58. The molecule has 0 bridgehead atoms. The third kappa shape index (κ3) is 2.57. The van der Waals surface area contributed by atoms with Gasteiger partial charge in [-0.1, -0.05) is 11.3 Å². The van der Waals surface area contributed by atoms with E-state index in [1.807, 2.05) is 0 Å². The van der Waals surface area contributed by atoms with Crippen molar-refractivity contribution in [1.29, 1.82) is 0 Å². The molecule has 7 nitrogen and oxygen atoms in total. The summed E-state index contributed by atoms with van der Waals surface area (Å²) < 4.78 is 5.81. The van der Waals surface area contributed by atoms with Crippen molar-refractivity contribution in [2.24, 2.45) is 5.41 Å². The molecule has 1 N–H and O–H groups in total. The van der Waals surface area contributed by atoms with E-state index in [0.29, 0.717) is 6.54 Å². The molecular weight excluding hydrogens is 278 g/mol. The van der Waals surface area contributed by atoms with Crippen LogP contribution in [0.2, 0.25) is 0 Å². The first-order valence-electron chi connectivity index (χ1n) is 6.66. The lowest BCUT2D eigenvalue weighted by atomic mass is 9.78. The molecular formula is C12H19N5O2S. The van der Waals surface area contributed by atoms with Crippen molar-refractivity contribution in [3.63, 3.8) is 0 Å². The summed E-state index contributed by atoms with van der Waals surface area (Å²) in [6.45, 7) is 3.29. The number of hydrogen-bond donors (Lipinski definition) is 1. The molecule has 3 rings (SSSR count). The van der Waals surface area contributed by atoms with E-state index in [0.717, 1.165) is 31.2 Å². The molecule has 110 valence electrons. The Morgan fingerprint density at radius 1 is 1.65 bits per heavy atom. The minimum atomic E-state index is -0.0707. The smallest absolute Gasteiger partial charge is 0.316 e. The number of nitrogens with one attached hydrogen (secondary N) is 1. The second-order valence-corrected chi connectivity index (χ2v) is 6.61. The highest BCUT2D eigenvalue weighted by atomic mass is 32.1. The molecule has 0 aliphatic carbocycles. The normalized spacial score (nSPS) is 23.7. The number of rotatable bonds is 3. The Morgan fingerprint density at radius 3 is 3.10 bits per heavy atom. The summed E-state index contributed by atoms with van der Waals surface area (Å²) in [7, 11) is 3.47. The summed E-state index contributed by atoms with van der Waals surface area (Å²) >= 11 is 1.57. The predicted octanol–water partition coefficient (Wildman–Crippen LogP) is 0.405. The molecule has 2 amide bonds. The van der Waals surface area contributed by atoms with E-state index in [2.05, 4.69) is 20.4 Å². The zero-order valence-electron chi connectivity index (χ0n) is 11.7. The van der Waals surface area contributed by atoms with E-state index in [9.17, 15) is 4.79 Å². The molecule has 2 aliphatic rings. The van der Waals surface area contributed by atoms with Gasteiger partial charge in [0.25, 0.3) is 0 Å². The summed E-state index contributed by atoms with van der Waals surface area (Å²) in [4.78, 5) is 15.3. The summed E-state index contributed by atoms with van der Waals surface area (Å²) in [6.07, 6.45) is 1.12. The Morgan fingerprint density at radius 2 is 2.45 bits per heavy atom. The Hall–Kier alpha value is -1.41. The number of carbonyl (C=O) groups is 1. The number of aromatic nitrogens is 2. The van der Waals surface area contributed by atoms with E-state index in [-0.39, 0.29) is 17.6 Å². The van der Waals surface area contributed by atoms with Gasteiger partial charge in [-0.3, -0.25) is 0 Å². The lowest BCUT2D eigenvalue weighted by Crippen LogP contribution is -2.57. The standard InChI is InChI=1S/C12H19N5O2S/c1-16(2)10(18)13-4-9-3-12(7-19-9)5-17(6-12)11-15-14-8-20-11/h8-9H,3-7H2,1-2H3,(H,13,18)/t9-/m0/s1. The molecule has 1 aromatic heterocycles. The van der Waals surface area contributed by atoms with Crippen LogP contribution in [0.5, 0.6) is 0 Å². The summed E-state index contributed by atoms with van der Waals surface area (Å²) in [5.41, 5.74) is 1.99. The average molecular weight is 297 g/mol. The molecule has 2 saturated heterocycles. The van der Waals surface area contributed by atoms with Crippen molar-refractivity contribution in [3.05, 3.63) is 5.51 Å². The first-order valence-corrected chi connectivity index (χ1v) is 7.54. The number of hydrogen-bond acceptors (Lipinski definition) is 6. The fraction of sp³-hybridized carbons (Fsp3) is 0.750. The highest BCUT2D eigenvalue weighted by Crippen LogP contribution is 2.43. The van der Waals surface area contributed by atoms with Crippen molar-refractivity contribution in [1.82, 2.24) is 20.4 Å². The molecule has 1 spiro atoms. The maximum absolute atomic E-state index is 11.5. The van der Waals surface area contributed by atoms with Crippen LogP contribution in [0.25, 0.3) is 0 Å². The molecule has 2 fully saturated rings. The predicted molar refractivity (Wildman–Crippen MR) is 76.0 cm³/mol. The summed E-state index contributed by atoms with van der Waals surface area (Å²) in [5.74, 6) is 0. The van der Waals surface area contributed by atoms with Gasteiger partial charge in [0, 0.05) is 39.1 Å². The van der Waals surface area contributed by atoms with Gasteiger partial charge in [-0.05, 0) is 6.42 Å².